The van der Waals surface area contributed by atoms with Crippen LogP contribution in [0.5, 0.6) is 0 Å². The van der Waals surface area contributed by atoms with E-state index in [4.69, 9.17) is 0 Å². The Labute approximate surface area is 160 Å². The minimum absolute atomic E-state index is 0.0517. The van der Waals surface area contributed by atoms with E-state index in [1.54, 1.807) is 34.2 Å². The molecule has 7 nitrogen and oxygen atoms in total. The van der Waals surface area contributed by atoms with Gasteiger partial charge in [-0.25, -0.2) is 4.39 Å². The number of nitrogens with one attached hydrogen (secondary N) is 1. The van der Waals surface area contributed by atoms with E-state index in [9.17, 15) is 14.0 Å². The van der Waals surface area contributed by atoms with Gasteiger partial charge in [0.15, 0.2) is 0 Å². The number of aromatic nitrogens is 3. The highest BCUT2D eigenvalue weighted by atomic mass is 19.1. The molecule has 0 atom stereocenters. The van der Waals surface area contributed by atoms with E-state index >= 15 is 0 Å². The third-order valence-corrected chi connectivity index (χ3v) is 4.69. The van der Waals surface area contributed by atoms with Crippen molar-refractivity contribution in [1.29, 1.82) is 0 Å². The smallest absolute Gasteiger partial charge is 0.272 e. The average Bonchev–Trinajstić information content (AvgIpc) is 3.24. The van der Waals surface area contributed by atoms with Gasteiger partial charge in [0.1, 0.15) is 17.2 Å². The molecule has 8 heteroatoms. The number of pyridine rings is 1. The number of amides is 2. The summed E-state index contributed by atoms with van der Waals surface area (Å²) in [4.78, 5) is 32.6. The third kappa shape index (κ3) is 3.48. The Morgan fingerprint density at radius 1 is 0.893 bits per heavy atom. The number of hydrogen-bond acceptors (Lipinski definition) is 4. The zero-order chi connectivity index (χ0) is 19.5. The number of aromatic amines is 1. The second kappa shape index (κ2) is 7.59. The summed E-state index contributed by atoms with van der Waals surface area (Å²) in [5.41, 5.74) is 1.70. The van der Waals surface area contributed by atoms with Crippen LogP contribution in [0.25, 0.3) is 11.4 Å². The van der Waals surface area contributed by atoms with Crippen LogP contribution in [-0.2, 0) is 0 Å². The van der Waals surface area contributed by atoms with E-state index in [2.05, 4.69) is 15.2 Å². The molecule has 1 aliphatic rings. The number of carbonyl (C=O) groups is 2. The van der Waals surface area contributed by atoms with Gasteiger partial charge in [0.25, 0.3) is 11.8 Å². The van der Waals surface area contributed by atoms with Gasteiger partial charge in [-0.2, -0.15) is 5.10 Å². The summed E-state index contributed by atoms with van der Waals surface area (Å²) in [5.74, 6) is -1.08. The lowest BCUT2D eigenvalue weighted by Crippen LogP contribution is -2.50. The van der Waals surface area contributed by atoms with E-state index in [1.165, 1.54) is 12.1 Å². The number of rotatable bonds is 3. The van der Waals surface area contributed by atoms with Crippen LogP contribution in [0, 0.1) is 5.82 Å². The number of benzene rings is 1. The van der Waals surface area contributed by atoms with Crippen molar-refractivity contribution >= 4 is 11.8 Å². The summed E-state index contributed by atoms with van der Waals surface area (Å²) in [6, 6.07) is 13.1. The molecule has 4 rings (SSSR count). The van der Waals surface area contributed by atoms with Gasteiger partial charge in [-0.15, -0.1) is 0 Å². The molecular weight excluding hydrogens is 361 g/mol. The maximum Gasteiger partial charge on any atom is 0.272 e. The molecule has 2 aromatic heterocycles. The van der Waals surface area contributed by atoms with Gasteiger partial charge < -0.3 is 9.80 Å². The Hall–Kier alpha value is -3.55. The number of H-pyrrole nitrogens is 1. The van der Waals surface area contributed by atoms with Crippen LogP contribution in [-0.4, -0.2) is 63.0 Å². The minimum atomic E-state index is -0.537. The van der Waals surface area contributed by atoms with Gasteiger partial charge in [0, 0.05) is 32.4 Å². The predicted octanol–water partition coefficient (Wildman–Crippen LogP) is 2.21. The van der Waals surface area contributed by atoms with Crippen LogP contribution in [0.2, 0.25) is 0 Å². The SMILES string of the molecule is O=C(c1cc(-c2ccccn2)n[nH]1)N1CCN(C(=O)c2ccccc2F)CC1. The number of piperazine rings is 1. The Morgan fingerprint density at radius 2 is 1.57 bits per heavy atom. The van der Waals surface area contributed by atoms with Gasteiger partial charge in [-0.1, -0.05) is 18.2 Å². The molecule has 1 aromatic carbocycles. The standard InChI is InChI=1S/C20H18FN5O2/c21-15-6-2-1-5-14(15)19(27)25-9-11-26(12-10-25)20(28)18-13-17(23-24-18)16-7-3-4-8-22-16/h1-8,13H,9-12H2,(H,23,24). The molecule has 0 unspecified atom stereocenters. The molecule has 3 aromatic rings. The zero-order valence-corrected chi connectivity index (χ0v) is 15.0. The van der Waals surface area contributed by atoms with Crippen molar-refractivity contribution < 1.29 is 14.0 Å². The molecule has 1 fully saturated rings. The number of hydrogen-bond donors (Lipinski definition) is 1. The van der Waals surface area contributed by atoms with E-state index in [-0.39, 0.29) is 17.4 Å². The largest absolute Gasteiger partial charge is 0.335 e. The summed E-state index contributed by atoms with van der Waals surface area (Å²) in [6.07, 6.45) is 1.66. The van der Waals surface area contributed by atoms with Crippen molar-refractivity contribution in [2.75, 3.05) is 26.2 Å². The lowest BCUT2D eigenvalue weighted by Gasteiger charge is -2.34. The Morgan fingerprint density at radius 3 is 2.25 bits per heavy atom. The summed E-state index contributed by atoms with van der Waals surface area (Å²) in [7, 11) is 0. The van der Waals surface area contributed by atoms with Crippen LogP contribution in [0.15, 0.2) is 54.7 Å². The van der Waals surface area contributed by atoms with Gasteiger partial charge in [-0.3, -0.25) is 19.7 Å². The first kappa shape index (κ1) is 17.8. The van der Waals surface area contributed by atoms with E-state index in [1.807, 2.05) is 18.2 Å². The van der Waals surface area contributed by atoms with Crippen LogP contribution < -0.4 is 0 Å². The molecule has 0 aliphatic carbocycles. The highest BCUT2D eigenvalue weighted by Gasteiger charge is 2.27. The van der Waals surface area contributed by atoms with E-state index in [0.29, 0.717) is 43.3 Å². The summed E-state index contributed by atoms with van der Waals surface area (Å²) in [6.45, 7) is 1.44. The molecule has 2 amide bonds. The maximum absolute atomic E-state index is 13.8. The molecule has 1 aliphatic heterocycles. The number of carbonyl (C=O) groups excluding carboxylic acids is 2. The molecule has 0 saturated carbocycles. The molecule has 0 bridgehead atoms. The first-order valence-electron chi connectivity index (χ1n) is 8.93. The molecule has 1 N–H and O–H groups in total. The number of halogens is 1. The van der Waals surface area contributed by atoms with Crippen molar-refractivity contribution in [2.24, 2.45) is 0 Å². The maximum atomic E-state index is 13.8. The van der Waals surface area contributed by atoms with Crippen molar-refractivity contribution in [2.45, 2.75) is 0 Å². The summed E-state index contributed by atoms with van der Waals surface area (Å²) < 4.78 is 13.8. The second-order valence-electron chi connectivity index (χ2n) is 6.45. The predicted molar refractivity (Wildman–Crippen MR) is 100 cm³/mol. The van der Waals surface area contributed by atoms with Crippen LogP contribution in [0.4, 0.5) is 4.39 Å². The summed E-state index contributed by atoms with van der Waals surface area (Å²) in [5, 5.41) is 6.91. The molecule has 28 heavy (non-hydrogen) atoms. The lowest BCUT2D eigenvalue weighted by atomic mass is 10.1. The Kier molecular flexibility index (Phi) is 4.84. The fraction of sp³-hybridized carbons (Fsp3) is 0.200. The quantitative estimate of drug-likeness (QED) is 0.756. The fourth-order valence-electron chi connectivity index (χ4n) is 3.16. The van der Waals surface area contributed by atoms with Crippen LogP contribution in [0.3, 0.4) is 0 Å². The zero-order valence-electron chi connectivity index (χ0n) is 15.0. The number of nitrogens with zero attached hydrogens (tertiary/aromatic N) is 4. The van der Waals surface area contributed by atoms with Gasteiger partial charge >= 0.3 is 0 Å². The van der Waals surface area contributed by atoms with Crippen LogP contribution >= 0.6 is 0 Å². The lowest BCUT2D eigenvalue weighted by molar-refractivity contribution is 0.0529. The monoisotopic (exact) mass is 379 g/mol. The molecule has 0 radical (unpaired) electrons. The average molecular weight is 379 g/mol. The normalized spacial score (nSPS) is 14.2. The van der Waals surface area contributed by atoms with Crippen molar-refractivity contribution in [1.82, 2.24) is 25.0 Å². The molecule has 142 valence electrons. The van der Waals surface area contributed by atoms with Gasteiger partial charge in [-0.05, 0) is 30.3 Å². The molecule has 3 heterocycles. The highest BCUT2D eigenvalue weighted by Crippen LogP contribution is 2.17. The van der Waals surface area contributed by atoms with Crippen molar-refractivity contribution in [3.05, 3.63) is 71.8 Å². The van der Waals surface area contributed by atoms with Gasteiger partial charge in [0.05, 0.1) is 11.3 Å². The first-order valence-corrected chi connectivity index (χ1v) is 8.93. The molecule has 0 spiro atoms. The highest BCUT2D eigenvalue weighted by molar-refractivity contribution is 5.95. The summed E-state index contributed by atoms with van der Waals surface area (Å²) >= 11 is 0. The topological polar surface area (TPSA) is 82.2 Å². The first-order chi connectivity index (χ1) is 13.6. The second-order valence-corrected chi connectivity index (χ2v) is 6.45. The fourth-order valence-corrected chi connectivity index (χ4v) is 3.16. The Balaban J connectivity index is 1.40. The van der Waals surface area contributed by atoms with Crippen molar-refractivity contribution in [3.8, 4) is 11.4 Å². The van der Waals surface area contributed by atoms with Gasteiger partial charge in [0.2, 0.25) is 0 Å². The third-order valence-electron chi connectivity index (χ3n) is 4.69. The molecular formula is C20H18FN5O2. The van der Waals surface area contributed by atoms with Crippen LogP contribution in [0.1, 0.15) is 20.8 Å². The molecule has 1 saturated heterocycles. The Bertz CT molecular complexity index is 997. The minimum Gasteiger partial charge on any atom is -0.335 e. The van der Waals surface area contributed by atoms with E-state index in [0.717, 1.165) is 0 Å². The van der Waals surface area contributed by atoms with Crippen molar-refractivity contribution in [3.63, 3.8) is 0 Å². The van der Waals surface area contributed by atoms with E-state index < -0.39 is 5.82 Å².